The lowest BCUT2D eigenvalue weighted by Crippen LogP contribution is -2.32. The van der Waals surface area contributed by atoms with Gasteiger partial charge in [-0.25, -0.2) is 0 Å². The first-order chi connectivity index (χ1) is 10.3. The van der Waals surface area contributed by atoms with Crippen LogP contribution in [0, 0.1) is 0 Å². The third-order valence-electron chi connectivity index (χ3n) is 3.78. The zero-order chi connectivity index (χ0) is 14.4. The highest BCUT2D eigenvalue weighted by Crippen LogP contribution is 2.39. The number of rotatable bonds is 1. The first-order valence-electron chi connectivity index (χ1n) is 6.61. The summed E-state index contributed by atoms with van der Waals surface area (Å²) in [6.45, 7) is 0. The minimum absolute atomic E-state index is 0.0402. The highest BCUT2D eigenvalue weighted by atomic mass is 35.5. The number of halogens is 1. The summed E-state index contributed by atoms with van der Waals surface area (Å²) in [5.74, 6) is 0.721. The number of tetrazole rings is 1. The monoisotopic (exact) mass is 297 g/mol. The van der Waals surface area contributed by atoms with E-state index in [2.05, 4.69) is 32.6 Å². The standard InChI is InChI=1S/C15H12ClN5/c1-20-14(10-5-3-2-4-6-10)12-9-11(16)7-8-13(12)21-15(20)17-18-19-21/h2-9,14H,1H3. The Hall–Kier alpha value is -2.40. The number of nitrogens with zero attached hydrogens (tertiary/aromatic N) is 5. The molecule has 0 aliphatic carbocycles. The van der Waals surface area contributed by atoms with Crippen LogP contribution in [0.5, 0.6) is 0 Å². The molecule has 0 fully saturated rings. The van der Waals surface area contributed by atoms with Crippen LogP contribution in [0.4, 0.5) is 5.95 Å². The van der Waals surface area contributed by atoms with E-state index in [-0.39, 0.29) is 6.04 Å². The van der Waals surface area contributed by atoms with Crippen LogP contribution < -0.4 is 4.90 Å². The van der Waals surface area contributed by atoms with Crippen molar-refractivity contribution in [2.24, 2.45) is 0 Å². The van der Waals surface area contributed by atoms with Gasteiger partial charge in [0.15, 0.2) is 0 Å². The summed E-state index contributed by atoms with van der Waals surface area (Å²) in [6, 6.07) is 16.1. The maximum absolute atomic E-state index is 6.20. The van der Waals surface area contributed by atoms with Crippen LogP contribution in [-0.4, -0.2) is 27.3 Å². The second-order valence-electron chi connectivity index (χ2n) is 5.02. The fourth-order valence-electron chi connectivity index (χ4n) is 2.86. The largest absolute Gasteiger partial charge is 0.331 e. The molecule has 6 heteroatoms. The fraction of sp³-hybridized carbons (Fsp3) is 0.133. The molecule has 0 radical (unpaired) electrons. The molecular formula is C15H12ClN5. The molecule has 0 spiro atoms. The lowest BCUT2D eigenvalue weighted by Gasteiger charge is -2.34. The second-order valence-corrected chi connectivity index (χ2v) is 5.45. The fourth-order valence-corrected chi connectivity index (χ4v) is 3.04. The summed E-state index contributed by atoms with van der Waals surface area (Å²) >= 11 is 6.20. The van der Waals surface area contributed by atoms with Crippen LogP contribution >= 0.6 is 11.6 Å². The van der Waals surface area contributed by atoms with Crippen molar-refractivity contribution < 1.29 is 0 Å². The average Bonchev–Trinajstić information content (AvgIpc) is 2.98. The smallest absolute Gasteiger partial charge is 0.250 e. The van der Waals surface area contributed by atoms with Crippen LogP contribution in [0.3, 0.4) is 0 Å². The predicted molar refractivity (Wildman–Crippen MR) is 80.9 cm³/mol. The molecule has 0 saturated heterocycles. The van der Waals surface area contributed by atoms with Crippen molar-refractivity contribution in [3.05, 3.63) is 64.7 Å². The first-order valence-corrected chi connectivity index (χ1v) is 6.99. The summed E-state index contributed by atoms with van der Waals surface area (Å²) in [6.07, 6.45) is 0. The van der Waals surface area contributed by atoms with Gasteiger partial charge in [-0.3, -0.25) is 0 Å². The quantitative estimate of drug-likeness (QED) is 0.693. The Balaban J connectivity index is 1.99. The van der Waals surface area contributed by atoms with E-state index in [4.69, 9.17) is 11.6 Å². The lowest BCUT2D eigenvalue weighted by molar-refractivity contribution is 0.677. The van der Waals surface area contributed by atoms with E-state index < -0.39 is 0 Å². The van der Waals surface area contributed by atoms with E-state index in [9.17, 15) is 0 Å². The Kier molecular flexibility index (Phi) is 2.68. The molecule has 21 heavy (non-hydrogen) atoms. The Morgan fingerprint density at radius 2 is 1.90 bits per heavy atom. The van der Waals surface area contributed by atoms with Gasteiger partial charge < -0.3 is 4.90 Å². The van der Waals surface area contributed by atoms with Crippen molar-refractivity contribution in [3.8, 4) is 5.69 Å². The van der Waals surface area contributed by atoms with E-state index in [1.807, 2.05) is 43.4 Å². The van der Waals surface area contributed by atoms with Gasteiger partial charge in [-0.15, -0.1) is 0 Å². The van der Waals surface area contributed by atoms with Crippen LogP contribution in [0.25, 0.3) is 5.69 Å². The van der Waals surface area contributed by atoms with Gasteiger partial charge in [0.25, 0.3) is 5.95 Å². The molecule has 4 rings (SSSR count). The molecule has 0 N–H and O–H groups in total. The first kappa shape index (κ1) is 12.3. The van der Waals surface area contributed by atoms with Crippen LogP contribution in [0.15, 0.2) is 48.5 Å². The summed E-state index contributed by atoms with van der Waals surface area (Å²) in [4.78, 5) is 2.06. The van der Waals surface area contributed by atoms with Gasteiger partial charge in [0.1, 0.15) is 0 Å². The van der Waals surface area contributed by atoms with Gasteiger partial charge >= 0.3 is 0 Å². The molecule has 1 atom stereocenters. The molecule has 5 nitrogen and oxygen atoms in total. The zero-order valence-corrected chi connectivity index (χ0v) is 12.1. The van der Waals surface area contributed by atoms with Crippen LogP contribution in [-0.2, 0) is 0 Å². The van der Waals surface area contributed by atoms with Crippen LogP contribution in [0.2, 0.25) is 5.02 Å². The van der Waals surface area contributed by atoms with Crippen molar-refractivity contribution in [3.63, 3.8) is 0 Å². The van der Waals surface area contributed by atoms with Gasteiger partial charge in [0.05, 0.1) is 11.7 Å². The maximum atomic E-state index is 6.20. The highest BCUT2D eigenvalue weighted by Gasteiger charge is 2.32. The van der Waals surface area contributed by atoms with E-state index >= 15 is 0 Å². The molecule has 104 valence electrons. The van der Waals surface area contributed by atoms with Gasteiger partial charge in [-0.2, -0.15) is 4.68 Å². The molecule has 0 amide bonds. The number of hydrogen-bond acceptors (Lipinski definition) is 4. The number of fused-ring (bicyclic) bond motifs is 3. The third-order valence-corrected chi connectivity index (χ3v) is 4.02. The molecule has 2 aromatic carbocycles. The highest BCUT2D eigenvalue weighted by molar-refractivity contribution is 6.30. The predicted octanol–water partition coefficient (Wildman–Crippen LogP) is 2.85. The summed E-state index contributed by atoms with van der Waals surface area (Å²) in [5.41, 5.74) is 3.24. The van der Waals surface area contributed by atoms with Crippen molar-refractivity contribution in [2.75, 3.05) is 11.9 Å². The van der Waals surface area contributed by atoms with Gasteiger partial charge in [0.2, 0.25) is 0 Å². The average molecular weight is 298 g/mol. The van der Waals surface area contributed by atoms with E-state index in [0.29, 0.717) is 5.02 Å². The zero-order valence-electron chi connectivity index (χ0n) is 11.3. The number of aromatic nitrogens is 4. The van der Waals surface area contributed by atoms with Crippen molar-refractivity contribution >= 4 is 17.5 Å². The number of benzene rings is 2. The molecule has 0 bridgehead atoms. The SMILES string of the molecule is CN1c2nnnn2-c2ccc(Cl)cc2C1c1ccccc1. The Bertz CT molecular complexity index is 799. The number of hydrogen-bond donors (Lipinski definition) is 0. The minimum Gasteiger partial charge on any atom is -0.331 e. The van der Waals surface area contributed by atoms with Crippen molar-refractivity contribution in [1.29, 1.82) is 0 Å². The summed E-state index contributed by atoms with van der Waals surface area (Å²) < 4.78 is 1.74. The Labute approximate surface area is 126 Å². The summed E-state index contributed by atoms with van der Waals surface area (Å²) in [7, 11) is 1.99. The number of anilines is 1. The topological polar surface area (TPSA) is 46.8 Å². The third kappa shape index (κ3) is 1.81. The van der Waals surface area contributed by atoms with Gasteiger partial charge in [0, 0.05) is 17.6 Å². The minimum atomic E-state index is 0.0402. The molecule has 1 aliphatic heterocycles. The van der Waals surface area contributed by atoms with Crippen LogP contribution in [0.1, 0.15) is 17.2 Å². The van der Waals surface area contributed by atoms with E-state index in [1.54, 1.807) is 4.68 Å². The van der Waals surface area contributed by atoms with Crippen molar-refractivity contribution in [2.45, 2.75) is 6.04 Å². The lowest BCUT2D eigenvalue weighted by atomic mass is 9.95. The molecule has 1 aliphatic rings. The molecule has 1 unspecified atom stereocenters. The maximum Gasteiger partial charge on any atom is 0.250 e. The molecule has 3 aromatic rings. The van der Waals surface area contributed by atoms with Gasteiger partial charge in [-0.1, -0.05) is 47.0 Å². The van der Waals surface area contributed by atoms with Gasteiger partial charge in [-0.05, 0) is 34.2 Å². The second kappa shape index (κ2) is 4.56. The molecule has 1 aromatic heterocycles. The normalized spacial score (nSPS) is 16.5. The molecule has 2 heterocycles. The molecular weight excluding hydrogens is 286 g/mol. The Morgan fingerprint density at radius 1 is 1.10 bits per heavy atom. The van der Waals surface area contributed by atoms with E-state index in [0.717, 1.165) is 17.2 Å². The van der Waals surface area contributed by atoms with E-state index in [1.165, 1.54) is 5.56 Å². The summed E-state index contributed by atoms with van der Waals surface area (Å²) in [5, 5.41) is 12.7. The Morgan fingerprint density at radius 3 is 2.71 bits per heavy atom. The molecule has 0 saturated carbocycles. The van der Waals surface area contributed by atoms with Crippen molar-refractivity contribution in [1.82, 2.24) is 20.2 Å².